The largest absolute Gasteiger partial charge is 0.219 e. The maximum atomic E-state index is 4.31. The number of fused-ring (bicyclic) bond motifs is 1. The fraction of sp³-hybridized carbons (Fsp3) is 0.467. The lowest BCUT2D eigenvalue weighted by atomic mass is 9.96. The summed E-state index contributed by atoms with van der Waals surface area (Å²) in [5.41, 5.74) is 6.56. The van der Waals surface area contributed by atoms with E-state index in [-0.39, 0.29) is 0 Å². The van der Waals surface area contributed by atoms with E-state index in [0.717, 1.165) is 19.3 Å². The molecule has 1 aliphatic heterocycles. The molecule has 0 N–H and O–H groups in total. The Hall–Kier alpha value is -1.64. The fourth-order valence-electron chi connectivity index (χ4n) is 2.42. The van der Waals surface area contributed by atoms with Crippen molar-refractivity contribution in [2.45, 2.75) is 40.0 Å². The molecule has 3 nitrogen and oxygen atoms in total. The number of hydrogen-bond donors (Lipinski definition) is 0. The number of hydrogen-bond acceptors (Lipinski definition) is 2. The van der Waals surface area contributed by atoms with E-state index in [1.54, 1.807) is 7.05 Å². The Kier molecular flexibility index (Phi) is 3.80. The van der Waals surface area contributed by atoms with Gasteiger partial charge in [-0.25, -0.2) is 5.01 Å². The van der Waals surface area contributed by atoms with Gasteiger partial charge in [-0.1, -0.05) is 35.4 Å². The van der Waals surface area contributed by atoms with Crippen molar-refractivity contribution in [3.05, 3.63) is 40.6 Å². The van der Waals surface area contributed by atoms with E-state index in [2.05, 4.69) is 49.3 Å². The van der Waals surface area contributed by atoms with Gasteiger partial charge in [-0.15, -0.1) is 0 Å². The van der Waals surface area contributed by atoms with Crippen molar-refractivity contribution >= 4 is 5.69 Å². The summed E-state index contributed by atoms with van der Waals surface area (Å²) in [6, 6.07) is 6.55. The SMILES string of the molecule is CCC(C)=C1CCc2cc(C)ccc2N1N=NC. The second-order valence-corrected chi connectivity index (χ2v) is 4.81. The lowest BCUT2D eigenvalue weighted by molar-refractivity contribution is 0.753. The summed E-state index contributed by atoms with van der Waals surface area (Å²) < 4.78 is 0. The first-order valence-corrected chi connectivity index (χ1v) is 6.55. The number of anilines is 1. The molecule has 0 atom stereocenters. The first-order chi connectivity index (χ1) is 8.67. The number of allylic oxidation sites excluding steroid dienone is 2. The molecule has 0 unspecified atom stereocenters. The smallest absolute Gasteiger partial charge is 0.0698 e. The lowest BCUT2D eigenvalue weighted by Gasteiger charge is -2.30. The fourth-order valence-corrected chi connectivity index (χ4v) is 2.42. The molecular weight excluding hydrogens is 222 g/mol. The molecule has 0 saturated carbocycles. The zero-order valence-electron chi connectivity index (χ0n) is 11.7. The Morgan fingerprint density at radius 2 is 2.11 bits per heavy atom. The normalized spacial score (nSPS) is 18.1. The van der Waals surface area contributed by atoms with E-state index < -0.39 is 0 Å². The average Bonchev–Trinajstić information content (AvgIpc) is 2.38. The first-order valence-electron chi connectivity index (χ1n) is 6.55. The van der Waals surface area contributed by atoms with Crippen LogP contribution in [0, 0.1) is 6.92 Å². The number of nitrogens with zero attached hydrogens (tertiary/aromatic N) is 3. The van der Waals surface area contributed by atoms with Gasteiger partial charge in [0.2, 0.25) is 0 Å². The van der Waals surface area contributed by atoms with Crippen molar-refractivity contribution in [3.63, 3.8) is 0 Å². The molecule has 0 fully saturated rings. The van der Waals surface area contributed by atoms with Crippen molar-refractivity contribution in [1.82, 2.24) is 0 Å². The summed E-state index contributed by atoms with van der Waals surface area (Å²) in [6.07, 6.45) is 3.21. The summed E-state index contributed by atoms with van der Waals surface area (Å²) in [7, 11) is 1.72. The minimum Gasteiger partial charge on any atom is -0.219 e. The Balaban J connectivity index is 2.52. The molecule has 1 aromatic carbocycles. The van der Waals surface area contributed by atoms with Crippen molar-refractivity contribution in [2.75, 3.05) is 12.1 Å². The Labute approximate surface area is 109 Å². The molecule has 0 amide bonds. The average molecular weight is 243 g/mol. The van der Waals surface area contributed by atoms with Crippen LogP contribution in [0.15, 0.2) is 39.8 Å². The minimum atomic E-state index is 1.05. The van der Waals surface area contributed by atoms with Crippen LogP contribution in [0.1, 0.15) is 37.8 Å². The van der Waals surface area contributed by atoms with Gasteiger partial charge in [0.1, 0.15) is 0 Å². The van der Waals surface area contributed by atoms with E-state index in [1.807, 2.05) is 5.01 Å². The minimum absolute atomic E-state index is 1.05. The van der Waals surface area contributed by atoms with Gasteiger partial charge >= 0.3 is 0 Å². The zero-order chi connectivity index (χ0) is 13.1. The number of rotatable bonds is 2. The molecule has 1 aliphatic rings. The lowest BCUT2D eigenvalue weighted by Crippen LogP contribution is -2.23. The van der Waals surface area contributed by atoms with Gasteiger partial charge in [-0.05, 0) is 44.7 Å². The zero-order valence-corrected chi connectivity index (χ0v) is 11.7. The van der Waals surface area contributed by atoms with Crippen molar-refractivity contribution < 1.29 is 0 Å². The summed E-state index contributed by atoms with van der Waals surface area (Å²) >= 11 is 0. The van der Waals surface area contributed by atoms with Gasteiger partial charge in [-0.2, -0.15) is 5.11 Å². The van der Waals surface area contributed by atoms with Gasteiger partial charge in [0.05, 0.1) is 12.7 Å². The molecular formula is C15H21N3. The van der Waals surface area contributed by atoms with Gasteiger partial charge in [0.15, 0.2) is 0 Å². The standard InChI is InChI=1S/C15H21N3/c1-5-12(3)14-9-7-13-10-11(2)6-8-15(13)18(14)17-16-4/h6,8,10H,5,7,9H2,1-4H3. The number of benzene rings is 1. The van der Waals surface area contributed by atoms with E-state index >= 15 is 0 Å². The second-order valence-electron chi connectivity index (χ2n) is 4.81. The highest BCUT2D eigenvalue weighted by Gasteiger charge is 2.22. The quantitative estimate of drug-likeness (QED) is 0.706. The highest BCUT2D eigenvalue weighted by Crippen LogP contribution is 2.35. The van der Waals surface area contributed by atoms with Gasteiger partial charge in [0.25, 0.3) is 0 Å². The topological polar surface area (TPSA) is 28.0 Å². The molecule has 0 aromatic heterocycles. The van der Waals surface area contributed by atoms with E-state index in [0.29, 0.717) is 0 Å². The van der Waals surface area contributed by atoms with Crippen LogP contribution in [0.4, 0.5) is 5.69 Å². The second kappa shape index (κ2) is 5.34. The monoisotopic (exact) mass is 243 g/mol. The van der Waals surface area contributed by atoms with Crippen LogP contribution in [-0.4, -0.2) is 7.05 Å². The Morgan fingerprint density at radius 3 is 2.78 bits per heavy atom. The highest BCUT2D eigenvalue weighted by atomic mass is 15.5. The highest BCUT2D eigenvalue weighted by molar-refractivity contribution is 5.61. The molecule has 3 heteroatoms. The molecule has 0 spiro atoms. The van der Waals surface area contributed by atoms with E-state index in [9.17, 15) is 0 Å². The van der Waals surface area contributed by atoms with Crippen LogP contribution in [0.25, 0.3) is 0 Å². The van der Waals surface area contributed by atoms with Crippen LogP contribution in [0.5, 0.6) is 0 Å². The third kappa shape index (κ3) is 2.30. The van der Waals surface area contributed by atoms with Crippen molar-refractivity contribution in [3.8, 4) is 0 Å². The van der Waals surface area contributed by atoms with E-state index in [4.69, 9.17) is 0 Å². The van der Waals surface area contributed by atoms with Crippen LogP contribution in [0.3, 0.4) is 0 Å². The molecule has 0 bridgehead atoms. The summed E-state index contributed by atoms with van der Waals surface area (Å²) in [6.45, 7) is 6.51. The third-order valence-electron chi connectivity index (χ3n) is 3.55. The van der Waals surface area contributed by atoms with Crippen LogP contribution >= 0.6 is 0 Å². The van der Waals surface area contributed by atoms with Gasteiger partial charge in [-0.3, -0.25) is 0 Å². The number of aryl methyl sites for hydroxylation is 2. The third-order valence-corrected chi connectivity index (χ3v) is 3.55. The summed E-state index contributed by atoms with van der Waals surface area (Å²) in [5, 5.41) is 10.3. The molecule has 96 valence electrons. The van der Waals surface area contributed by atoms with Gasteiger partial charge in [0, 0.05) is 5.70 Å². The summed E-state index contributed by atoms with van der Waals surface area (Å²) in [5.74, 6) is 0. The Bertz CT molecular complexity index is 500. The molecule has 2 rings (SSSR count). The molecule has 18 heavy (non-hydrogen) atoms. The summed E-state index contributed by atoms with van der Waals surface area (Å²) in [4.78, 5) is 0. The first kappa shape index (κ1) is 12.8. The van der Waals surface area contributed by atoms with Crippen molar-refractivity contribution in [2.24, 2.45) is 10.3 Å². The maximum absolute atomic E-state index is 4.31. The maximum Gasteiger partial charge on any atom is 0.0698 e. The van der Waals surface area contributed by atoms with Crippen LogP contribution < -0.4 is 5.01 Å². The van der Waals surface area contributed by atoms with Gasteiger partial charge < -0.3 is 0 Å². The van der Waals surface area contributed by atoms with Crippen LogP contribution in [-0.2, 0) is 6.42 Å². The van der Waals surface area contributed by atoms with Crippen molar-refractivity contribution in [1.29, 1.82) is 0 Å². The predicted octanol–water partition coefficient (Wildman–Crippen LogP) is 4.43. The molecule has 0 aliphatic carbocycles. The Morgan fingerprint density at radius 1 is 1.33 bits per heavy atom. The molecule has 1 heterocycles. The molecule has 1 aromatic rings. The van der Waals surface area contributed by atoms with Crippen LogP contribution in [0.2, 0.25) is 0 Å². The predicted molar refractivity (Wildman–Crippen MR) is 75.8 cm³/mol. The van der Waals surface area contributed by atoms with E-state index in [1.165, 1.54) is 28.1 Å². The molecule has 0 saturated heterocycles. The molecule has 0 radical (unpaired) electrons.